The van der Waals surface area contributed by atoms with Crippen LogP contribution in [-0.4, -0.2) is 44.0 Å². The first-order valence-electron chi connectivity index (χ1n) is 10.5. The molecule has 0 saturated carbocycles. The van der Waals surface area contributed by atoms with Crippen LogP contribution >= 0.6 is 11.8 Å². The number of hydrogen-bond acceptors (Lipinski definition) is 5. The number of nitrogens with two attached hydrogens (primary N) is 1. The second-order valence-corrected chi connectivity index (χ2v) is 9.21. The normalized spacial score (nSPS) is 15.7. The lowest BCUT2D eigenvalue weighted by molar-refractivity contribution is -0.131. The van der Waals surface area contributed by atoms with Crippen molar-refractivity contribution in [1.82, 2.24) is 19.8 Å². The number of nitrogens with zero attached hydrogens (tertiary/aromatic N) is 4. The molecule has 2 heterocycles. The van der Waals surface area contributed by atoms with E-state index in [4.69, 9.17) is 5.84 Å². The van der Waals surface area contributed by atoms with Crippen molar-refractivity contribution in [3.63, 3.8) is 0 Å². The summed E-state index contributed by atoms with van der Waals surface area (Å²) in [4.78, 5) is 14.9. The van der Waals surface area contributed by atoms with Crippen LogP contribution in [0.3, 0.4) is 0 Å². The van der Waals surface area contributed by atoms with Gasteiger partial charge in [0.05, 0.1) is 5.25 Å². The first-order valence-corrected chi connectivity index (χ1v) is 11.3. The summed E-state index contributed by atoms with van der Waals surface area (Å²) < 4.78 is 14.5. The fraction of sp³-hybridized carbons (Fsp3) is 0.348. The molecule has 0 radical (unpaired) electrons. The van der Waals surface area contributed by atoms with Crippen molar-refractivity contribution in [2.24, 2.45) is 5.92 Å². The van der Waals surface area contributed by atoms with E-state index in [9.17, 15) is 9.18 Å². The average Bonchev–Trinajstić information content (AvgIpc) is 3.15. The molecule has 3 aromatic rings. The first-order chi connectivity index (χ1) is 15.0. The number of thioether (sulfide) groups is 1. The van der Waals surface area contributed by atoms with Crippen LogP contribution in [0.25, 0.3) is 11.4 Å². The van der Waals surface area contributed by atoms with Gasteiger partial charge in [-0.3, -0.25) is 4.79 Å². The molecule has 1 aromatic heterocycles. The molecule has 1 fully saturated rings. The van der Waals surface area contributed by atoms with Gasteiger partial charge in [0, 0.05) is 18.7 Å². The zero-order valence-electron chi connectivity index (χ0n) is 17.4. The molecular weight excluding hydrogens is 413 g/mol. The standard InChI is InChI=1S/C23H26FN5OS/c1-16(31-23-27-26-21(29(23)25)19-7-9-20(24)10-8-19)22(30)28-13-11-18(12-14-28)15-17-5-3-2-4-6-17/h2-10,16,18H,11-15,25H2,1H3. The van der Waals surface area contributed by atoms with Crippen LogP contribution in [0.15, 0.2) is 59.8 Å². The van der Waals surface area contributed by atoms with E-state index in [0.717, 1.165) is 32.4 Å². The predicted octanol–water partition coefficient (Wildman–Crippen LogP) is 3.76. The monoisotopic (exact) mass is 439 g/mol. The Morgan fingerprint density at radius 2 is 1.81 bits per heavy atom. The number of halogens is 1. The van der Waals surface area contributed by atoms with Crippen LogP contribution in [0.4, 0.5) is 4.39 Å². The number of benzene rings is 2. The van der Waals surface area contributed by atoms with Gasteiger partial charge < -0.3 is 10.7 Å². The van der Waals surface area contributed by atoms with Gasteiger partial charge in [-0.2, -0.15) is 0 Å². The number of likely N-dealkylation sites (tertiary alicyclic amines) is 1. The Kier molecular flexibility index (Phi) is 6.56. The second kappa shape index (κ2) is 9.51. The molecule has 0 bridgehead atoms. The highest BCUT2D eigenvalue weighted by Gasteiger charge is 2.28. The highest BCUT2D eigenvalue weighted by Crippen LogP contribution is 2.28. The maximum atomic E-state index is 13.2. The van der Waals surface area contributed by atoms with E-state index in [-0.39, 0.29) is 17.0 Å². The molecule has 1 aliphatic heterocycles. The molecule has 162 valence electrons. The number of carbonyl (C=O) groups is 1. The summed E-state index contributed by atoms with van der Waals surface area (Å²) in [6.07, 6.45) is 3.09. The number of aromatic nitrogens is 3. The largest absolute Gasteiger partial charge is 0.342 e. The van der Waals surface area contributed by atoms with Gasteiger partial charge in [0.2, 0.25) is 11.1 Å². The summed E-state index contributed by atoms with van der Waals surface area (Å²) in [6.45, 7) is 3.42. The molecule has 2 N–H and O–H groups in total. The summed E-state index contributed by atoms with van der Waals surface area (Å²) in [7, 11) is 0. The minimum atomic E-state index is -0.326. The quantitative estimate of drug-likeness (QED) is 0.467. The van der Waals surface area contributed by atoms with E-state index in [2.05, 4.69) is 34.5 Å². The third-order valence-corrected chi connectivity index (χ3v) is 6.73. The molecule has 4 rings (SSSR count). The van der Waals surface area contributed by atoms with Crippen molar-refractivity contribution in [1.29, 1.82) is 0 Å². The number of carbonyl (C=O) groups excluding carboxylic acids is 1. The maximum absolute atomic E-state index is 13.2. The molecule has 2 aromatic carbocycles. The van der Waals surface area contributed by atoms with Crippen LogP contribution in [0.1, 0.15) is 25.3 Å². The Morgan fingerprint density at radius 3 is 2.48 bits per heavy atom. The minimum Gasteiger partial charge on any atom is -0.342 e. The molecule has 6 nitrogen and oxygen atoms in total. The van der Waals surface area contributed by atoms with Crippen molar-refractivity contribution in [3.05, 3.63) is 66.0 Å². The molecule has 31 heavy (non-hydrogen) atoms. The van der Waals surface area contributed by atoms with Gasteiger partial charge in [-0.15, -0.1) is 10.2 Å². The first kappa shape index (κ1) is 21.4. The van der Waals surface area contributed by atoms with Gasteiger partial charge in [-0.1, -0.05) is 42.1 Å². The molecule has 1 atom stereocenters. The molecule has 1 unspecified atom stereocenters. The third-order valence-electron chi connectivity index (χ3n) is 5.69. The molecular formula is C23H26FN5OS. The summed E-state index contributed by atoms with van der Waals surface area (Å²) in [5.41, 5.74) is 2.03. The summed E-state index contributed by atoms with van der Waals surface area (Å²) in [6, 6.07) is 16.4. The van der Waals surface area contributed by atoms with Crippen LogP contribution in [0.2, 0.25) is 0 Å². The Labute approximate surface area is 185 Å². The van der Waals surface area contributed by atoms with E-state index < -0.39 is 0 Å². The number of piperidine rings is 1. The van der Waals surface area contributed by atoms with Gasteiger partial charge in [0.15, 0.2) is 5.82 Å². The van der Waals surface area contributed by atoms with E-state index in [1.807, 2.05) is 17.9 Å². The van der Waals surface area contributed by atoms with Crippen molar-refractivity contribution in [2.75, 3.05) is 18.9 Å². The molecule has 0 aliphatic carbocycles. The van der Waals surface area contributed by atoms with Crippen molar-refractivity contribution < 1.29 is 9.18 Å². The van der Waals surface area contributed by atoms with E-state index >= 15 is 0 Å². The van der Waals surface area contributed by atoms with E-state index in [1.165, 1.54) is 34.1 Å². The Hall–Kier alpha value is -2.87. The van der Waals surface area contributed by atoms with Crippen molar-refractivity contribution in [2.45, 2.75) is 36.6 Å². The summed E-state index contributed by atoms with van der Waals surface area (Å²) in [5, 5.41) is 8.37. The zero-order chi connectivity index (χ0) is 21.8. The smallest absolute Gasteiger partial charge is 0.235 e. The Bertz CT molecular complexity index is 1020. The number of amides is 1. The fourth-order valence-corrected chi connectivity index (χ4v) is 4.78. The van der Waals surface area contributed by atoms with Crippen LogP contribution in [0, 0.1) is 11.7 Å². The predicted molar refractivity (Wildman–Crippen MR) is 120 cm³/mol. The number of hydrogen-bond donors (Lipinski definition) is 1. The molecule has 1 aliphatic rings. The SMILES string of the molecule is CC(Sc1nnc(-c2ccc(F)cc2)n1N)C(=O)N1CCC(Cc2ccccc2)CC1. The van der Waals surface area contributed by atoms with Crippen molar-refractivity contribution >= 4 is 17.7 Å². The second-order valence-electron chi connectivity index (χ2n) is 7.90. The van der Waals surface area contributed by atoms with Gasteiger partial charge in [-0.05, 0) is 61.9 Å². The lowest BCUT2D eigenvalue weighted by atomic mass is 9.90. The molecule has 0 spiro atoms. The zero-order valence-corrected chi connectivity index (χ0v) is 18.3. The highest BCUT2D eigenvalue weighted by atomic mass is 32.2. The van der Waals surface area contributed by atoms with Gasteiger partial charge in [-0.25, -0.2) is 9.07 Å². The topological polar surface area (TPSA) is 77.0 Å². The Morgan fingerprint density at radius 1 is 1.13 bits per heavy atom. The molecule has 1 amide bonds. The molecule has 8 heteroatoms. The van der Waals surface area contributed by atoms with Gasteiger partial charge >= 0.3 is 0 Å². The fourth-order valence-electron chi connectivity index (χ4n) is 3.92. The number of rotatable bonds is 6. The number of nitrogen functional groups attached to an aromatic ring is 1. The highest BCUT2D eigenvalue weighted by molar-refractivity contribution is 8.00. The van der Waals surface area contributed by atoms with E-state index in [0.29, 0.717) is 22.5 Å². The summed E-state index contributed by atoms with van der Waals surface area (Å²) in [5.74, 6) is 6.96. The summed E-state index contributed by atoms with van der Waals surface area (Å²) >= 11 is 1.29. The van der Waals surface area contributed by atoms with Gasteiger partial charge in [0.25, 0.3) is 0 Å². The minimum absolute atomic E-state index is 0.0921. The average molecular weight is 440 g/mol. The Balaban J connectivity index is 1.32. The van der Waals surface area contributed by atoms with Crippen LogP contribution in [0.5, 0.6) is 0 Å². The third kappa shape index (κ3) is 5.07. The van der Waals surface area contributed by atoms with Crippen molar-refractivity contribution in [3.8, 4) is 11.4 Å². The maximum Gasteiger partial charge on any atom is 0.235 e. The van der Waals surface area contributed by atoms with E-state index in [1.54, 1.807) is 12.1 Å². The lowest BCUT2D eigenvalue weighted by Crippen LogP contribution is -2.42. The van der Waals surface area contributed by atoms with Gasteiger partial charge in [0.1, 0.15) is 5.82 Å². The molecule has 1 saturated heterocycles. The lowest BCUT2D eigenvalue weighted by Gasteiger charge is -2.33. The van der Waals surface area contributed by atoms with Crippen LogP contribution < -0.4 is 5.84 Å². The van der Waals surface area contributed by atoms with Crippen LogP contribution in [-0.2, 0) is 11.2 Å².